The Hall–Kier alpha value is -1.55. The van der Waals surface area contributed by atoms with Gasteiger partial charge in [0.2, 0.25) is 5.91 Å². The molecule has 0 spiro atoms. The van der Waals surface area contributed by atoms with Crippen LogP contribution in [0.2, 0.25) is 5.02 Å². The molecule has 1 aliphatic heterocycles. The molecule has 1 aliphatic rings. The number of ether oxygens (including phenoxy) is 1. The summed E-state index contributed by atoms with van der Waals surface area (Å²) in [4.78, 5) is 25.9. The maximum Gasteiger partial charge on any atom is 0.310 e. The average Bonchev–Trinajstić information content (AvgIpc) is 2.50. The summed E-state index contributed by atoms with van der Waals surface area (Å²) in [5.41, 5.74) is 0.822. The minimum absolute atomic E-state index is 0.0112. The number of esters is 1. The quantitative estimate of drug-likeness (QED) is 0.803. The molecule has 0 aromatic heterocycles. The van der Waals surface area contributed by atoms with Crippen LogP contribution in [0, 0.1) is 5.92 Å². The van der Waals surface area contributed by atoms with E-state index in [9.17, 15) is 9.59 Å². The lowest BCUT2D eigenvalue weighted by atomic mass is 9.97. The van der Waals surface area contributed by atoms with Crippen LogP contribution in [-0.4, -0.2) is 36.5 Å². The SMILES string of the molecule is CCOC(=O)[C@@H]1CCCN(C(=O)Cc2ccccc2Cl)C1. The monoisotopic (exact) mass is 309 g/mol. The van der Waals surface area contributed by atoms with E-state index in [0.29, 0.717) is 24.7 Å². The van der Waals surface area contributed by atoms with Crippen molar-refractivity contribution >= 4 is 23.5 Å². The molecule has 1 aromatic carbocycles. The zero-order valence-electron chi connectivity index (χ0n) is 12.2. The van der Waals surface area contributed by atoms with E-state index in [1.54, 1.807) is 17.9 Å². The molecule has 1 amide bonds. The first-order chi connectivity index (χ1) is 10.1. The summed E-state index contributed by atoms with van der Waals surface area (Å²) in [6.45, 7) is 3.31. The molecular weight excluding hydrogens is 290 g/mol. The van der Waals surface area contributed by atoms with E-state index in [1.807, 2.05) is 18.2 Å². The Morgan fingerprint density at radius 1 is 1.38 bits per heavy atom. The highest BCUT2D eigenvalue weighted by atomic mass is 35.5. The molecule has 4 nitrogen and oxygen atoms in total. The number of piperidine rings is 1. The molecule has 0 aliphatic carbocycles. The molecule has 5 heteroatoms. The first-order valence-electron chi connectivity index (χ1n) is 7.29. The van der Waals surface area contributed by atoms with Crippen LogP contribution in [0.25, 0.3) is 0 Å². The van der Waals surface area contributed by atoms with Crippen LogP contribution in [0.1, 0.15) is 25.3 Å². The van der Waals surface area contributed by atoms with E-state index < -0.39 is 0 Å². The van der Waals surface area contributed by atoms with Crippen LogP contribution in [0.5, 0.6) is 0 Å². The number of benzene rings is 1. The summed E-state index contributed by atoms with van der Waals surface area (Å²) in [5.74, 6) is -0.390. The van der Waals surface area contributed by atoms with Gasteiger partial charge in [-0.25, -0.2) is 0 Å². The highest BCUT2D eigenvalue weighted by molar-refractivity contribution is 6.31. The predicted octanol–water partition coefficient (Wildman–Crippen LogP) is 2.68. The molecule has 0 radical (unpaired) electrons. The van der Waals surface area contributed by atoms with Crippen molar-refractivity contribution in [2.45, 2.75) is 26.2 Å². The molecule has 0 saturated carbocycles. The third-order valence-corrected chi connectivity index (χ3v) is 4.06. The lowest BCUT2D eigenvalue weighted by molar-refractivity contribution is -0.151. The van der Waals surface area contributed by atoms with Gasteiger partial charge >= 0.3 is 5.97 Å². The van der Waals surface area contributed by atoms with Gasteiger partial charge in [-0.15, -0.1) is 0 Å². The van der Waals surface area contributed by atoms with E-state index in [0.717, 1.165) is 18.4 Å². The number of amides is 1. The Bertz CT molecular complexity index is 518. The van der Waals surface area contributed by atoms with Gasteiger partial charge in [0, 0.05) is 18.1 Å². The van der Waals surface area contributed by atoms with Gasteiger partial charge in [-0.1, -0.05) is 29.8 Å². The first-order valence-corrected chi connectivity index (χ1v) is 7.67. The number of halogens is 1. The summed E-state index contributed by atoms with van der Waals surface area (Å²) >= 11 is 6.08. The van der Waals surface area contributed by atoms with Crippen LogP contribution in [0.4, 0.5) is 0 Å². The zero-order valence-corrected chi connectivity index (χ0v) is 12.9. The third-order valence-electron chi connectivity index (χ3n) is 3.69. The van der Waals surface area contributed by atoms with E-state index in [4.69, 9.17) is 16.3 Å². The molecule has 1 saturated heterocycles. The molecule has 21 heavy (non-hydrogen) atoms. The van der Waals surface area contributed by atoms with Gasteiger partial charge in [-0.3, -0.25) is 9.59 Å². The van der Waals surface area contributed by atoms with Crippen molar-refractivity contribution in [1.82, 2.24) is 4.90 Å². The molecule has 0 bridgehead atoms. The Balaban J connectivity index is 1.96. The van der Waals surface area contributed by atoms with Gasteiger partial charge in [0.25, 0.3) is 0 Å². The van der Waals surface area contributed by atoms with Crippen molar-refractivity contribution < 1.29 is 14.3 Å². The average molecular weight is 310 g/mol. The second-order valence-corrected chi connectivity index (χ2v) is 5.61. The lowest BCUT2D eigenvalue weighted by Gasteiger charge is -2.31. The predicted molar refractivity (Wildman–Crippen MR) is 81.1 cm³/mol. The minimum atomic E-state index is -0.201. The summed E-state index contributed by atoms with van der Waals surface area (Å²) in [6.07, 6.45) is 1.89. The van der Waals surface area contributed by atoms with E-state index >= 15 is 0 Å². The van der Waals surface area contributed by atoms with Gasteiger partial charge in [-0.05, 0) is 31.4 Å². The Morgan fingerprint density at radius 3 is 2.86 bits per heavy atom. The number of likely N-dealkylation sites (tertiary alicyclic amines) is 1. The molecule has 1 atom stereocenters. The molecule has 0 N–H and O–H groups in total. The van der Waals surface area contributed by atoms with Crippen molar-refractivity contribution in [2.75, 3.05) is 19.7 Å². The summed E-state index contributed by atoms with van der Waals surface area (Å²) in [7, 11) is 0. The normalized spacial score (nSPS) is 18.4. The van der Waals surface area contributed by atoms with Gasteiger partial charge in [-0.2, -0.15) is 0 Å². The standard InChI is InChI=1S/C16H20ClNO3/c1-2-21-16(20)13-7-5-9-18(11-13)15(19)10-12-6-3-4-8-14(12)17/h3-4,6,8,13H,2,5,7,9-11H2,1H3/t13-/m1/s1. The van der Waals surface area contributed by atoms with E-state index in [-0.39, 0.29) is 24.2 Å². The number of nitrogens with zero attached hydrogens (tertiary/aromatic N) is 1. The topological polar surface area (TPSA) is 46.6 Å². The first kappa shape index (κ1) is 15.8. The van der Waals surface area contributed by atoms with Crippen molar-refractivity contribution in [3.63, 3.8) is 0 Å². The Labute approximate surface area is 130 Å². The van der Waals surface area contributed by atoms with Crippen LogP contribution < -0.4 is 0 Å². The molecule has 1 heterocycles. The summed E-state index contributed by atoms with van der Waals surface area (Å²) < 4.78 is 5.05. The molecule has 1 fully saturated rings. The second-order valence-electron chi connectivity index (χ2n) is 5.20. The molecular formula is C16H20ClNO3. The fraction of sp³-hybridized carbons (Fsp3) is 0.500. The maximum atomic E-state index is 12.4. The highest BCUT2D eigenvalue weighted by Gasteiger charge is 2.29. The maximum absolute atomic E-state index is 12.4. The molecule has 2 rings (SSSR count). The number of carbonyl (C=O) groups excluding carboxylic acids is 2. The lowest BCUT2D eigenvalue weighted by Crippen LogP contribution is -2.43. The van der Waals surface area contributed by atoms with Crippen LogP contribution in [0.15, 0.2) is 24.3 Å². The highest BCUT2D eigenvalue weighted by Crippen LogP contribution is 2.21. The fourth-order valence-electron chi connectivity index (χ4n) is 2.57. The largest absolute Gasteiger partial charge is 0.466 e. The van der Waals surface area contributed by atoms with Crippen molar-refractivity contribution in [1.29, 1.82) is 0 Å². The number of carbonyl (C=O) groups is 2. The van der Waals surface area contributed by atoms with Crippen molar-refractivity contribution in [3.8, 4) is 0 Å². The molecule has 0 unspecified atom stereocenters. The summed E-state index contributed by atoms with van der Waals surface area (Å²) in [5, 5.41) is 0.602. The van der Waals surface area contributed by atoms with E-state index in [1.165, 1.54) is 0 Å². The van der Waals surface area contributed by atoms with Crippen LogP contribution >= 0.6 is 11.6 Å². The van der Waals surface area contributed by atoms with Gasteiger partial charge < -0.3 is 9.64 Å². The molecule has 1 aromatic rings. The second kappa shape index (κ2) is 7.46. The van der Waals surface area contributed by atoms with Crippen molar-refractivity contribution in [2.24, 2.45) is 5.92 Å². The zero-order chi connectivity index (χ0) is 15.2. The van der Waals surface area contributed by atoms with E-state index in [2.05, 4.69) is 0 Å². The Morgan fingerprint density at radius 2 is 2.14 bits per heavy atom. The fourth-order valence-corrected chi connectivity index (χ4v) is 2.78. The minimum Gasteiger partial charge on any atom is -0.466 e. The number of hydrogen-bond acceptors (Lipinski definition) is 3. The van der Waals surface area contributed by atoms with Gasteiger partial charge in [0.15, 0.2) is 0 Å². The van der Waals surface area contributed by atoms with Crippen molar-refractivity contribution in [3.05, 3.63) is 34.9 Å². The van der Waals surface area contributed by atoms with Crippen LogP contribution in [0.3, 0.4) is 0 Å². The van der Waals surface area contributed by atoms with Gasteiger partial charge in [0.05, 0.1) is 18.9 Å². The summed E-state index contributed by atoms with van der Waals surface area (Å²) in [6, 6.07) is 7.34. The van der Waals surface area contributed by atoms with Gasteiger partial charge in [0.1, 0.15) is 0 Å². The number of hydrogen-bond donors (Lipinski definition) is 0. The molecule has 114 valence electrons. The smallest absolute Gasteiger partial charge is 0.310 e. The number of rotatable bonds is 4. The third kappa shape index (κ3) is 4.21. The van der Waals surface area contributed by atoms with Crippen LogP contribution in [-0.2, 0) is 20.7 Å². The Kier molecular flexibility index (Phi) is 5.62.